The van der Waals surface area contributed by atoms with Crippen molar-refractivity contribution in [2.75, 3.05) is 0 Å². The van der Waals surface area contributed by atoms with Crippen molar-refractivity contribution >= 4 is 67.6 Å². The quantitative estimate of drug-likeness (QED) is 0.0808. The van der Waals surface area contributed by atoms with E-state index in [1.165, 1.54) is 0 Å². The largest absolute Gasteiger partial charge is 0.380 e. The fraction of sp³-hybridized carbons (Fsp3) is 0.167. The summed E-state index contributed by atoms with van der Waals surface area (Å²) in [5, 5.41) is 0. The Morgan fingerprint density at radius 3 is 0.469 bits per heavy atom. The molecule has 0 radical (unpaired) electrons. The molecule has 0 bridgehead atoms. The Hall–Kier alpha value is -7.86. The van der Waals surface area contributed by atoms with Crippen LogP contribution in [0.3, 0.4) is 0 Å². The molecular weight excluding hydrogens is 1460 g/mol. The van der Waals surface area contributed by atoms with E-state index in [2.05, 4.69) is 0 Å². The average Bonchev–Trinajstić information content (AvgIpc) is 1.53. The van der Waals surface area contributed by atoms with Crippen LogP contribution in [0.1, 0.15) is 41.8 Å². The Kier molecular flexibility index (Phi) is 18.6. The van der Waals surface area contributed by atoms with E-state index in [1.807, 2.05) is 36.4 Å². The van der Waals surface area contributed by atoms with Crippen molar-refractivity contribution in [1.82, 2.24) is 0 Å². The fourth-order valence-corrected chi connectivity index (χ4v) is 14.2. The zero-order chi connectivity index (χ0) is 72.0. The summed E-state index contributed by atoms with van der Waals surface area (Å²) in [6.45, 7) is 3.24. The number of aryl methyl sites for hydroxylation is 4. The van der Waals surface area contributed by atoms with E-state index < -0.39 is 258 Å². The molecule has 510 valence electrons. The SMILES string of the molecule is Cc1sc(-c2c(F)c(F)c(F)c(F)c2F)cc1C1=C(c2cc(-c3c(F)c(F)c(F)c(F)c3F)sc2C)C(F)(F)C(F)(F)C1(F)F.Cc1sc(-c2c(F)c(F)c(F)c(F)c2F)cc1C1=C(c2cc(-c3c(F)c(F)c(F)c(F)c3F)sc2C)C(F)(F)C(F)(F)C1(F)F.c1ccccc1. The second-order valence-corrected chi connectivity index (χ2v) is 25.2. The standard InChI is InChI=1S/2C27H8F16S2.C6H6/c2*1-5-7(3-9(44-5)11-15(28)19(32)23(36)20(33)16(11)29)13-14(26(40,41)27(42,43)25(13,38)39)8-4-10(45-6(8)2)12-17(30)21(34)24(37)22(35)18(12)31;1-2-4-6-5-3-1/h2*3-4H,1-2H3;1-6H. The predicted octanol–water partition coefficient (Wildman–Crippen LogP) is 23.7. The zero-order valence-electron chi connectivity index (χ0n) is 46.5. The summed E-state index contributed by atoms with van der Waals surface area (Å²) >= 11 is 0.0415. The highest BCUT2D eigenvalue weighted by Crippen LogP contribution is 2.68. The van der Waals surface area contributed by atoms with E-state index in [1.54, 1.807) is 0 Å². The van der Waals surface area contributed by atoms with Crippen molar-refractivity contribution in [2.24, 2.45) is 0 Å². The number of benzene rings is 5. The van der Waals surface area contributed by atoms with Gasteiger partial charge >= 0.3 is 35.5 Å². The number of hydrogen-bond donors (Lipinski definition) is 0. The molecule has 0 atom stereocenters. The van der Waals surface area contributed by atoms with Crippen molar-refractivity contribution < 1.29 is 140 Å². The summed E-state index contributed by atoms with van der Waals surface area (Å²) in [6, 6.07) is 12.9. The number of allylic oxidation sites excluding steroid dienone is 4. The highest BCUT2D eigenvalue weighted by atomic mass is 32.1. The predicted molar refractivity (Wildman–Crippen MR) is 287 cm³/mol. The third-order valence-corrected chi connectivity index (χ3v) is 18.8. The molecule has 96 heavy (non-hydrogen) atoms. The Labute approximate surface area is 529 Å². The molecule has 0 unspecified atom stereocenters. The van der Waals surface area contributed by atoms with Gasteiger partial charge in [0.2, 0.25) is 23.3 Å². The van der Waals surface area contributed by atoms with Gasteiger partial charge in [-0.15, -0.1) is 45.3 Å². The van der Waals surface area contributed by atoms with Gasteiger partial charge < -0.3 is 0 Å². The van der Waals surface area contributed by atoms with Gasteiger partial charge in [-0.1, -0.05) is 36.4 Å². The molecule has 0 aliphatic heterocycles. The second kappa shape index (κ2) is 24.6. The van der Waals surface area contributed by atoms with E-state index in [0.29, 0.717) is 0 Å². The van der Waals surface area contributed by atoms with Crippen molar-refractivity contribution in [2.45, 2.75) is 63.2 Å². The molecule has 0 fully saturated rings. The van der Waals surface area contributed by atoms with Crippen LogP contribution in [0, 0.1) is 144 Å². The fourth-order valence-electron chi connectivity index (χ4n) is 9.95. The lowest BCUT2D eigenvalue weighted by Crippen LogP contribution is -2.48. The van der Waals surface area contributed by atoms with Crippen LogP contribution in [-0.4, -0.2) is 35.5 Å². The Morgan fingerprint density at radius 2 is 0.333 bits per heavy atom. The van der Waals surface area contributed by atoms with Gasteiger partial charge in [0.1, 0.15) is 0 Å². The maximum atomic E-state index is 15.3. The van der Waals surface area contributed by atoms with E-state index in [4.69, 9.17) is 0 Å². The van der Waals surface area contributed by atoms with E-state index in [-0.39, 0.29) is 69.6 Å². The van der Waals surface area contributed by atoms with Crippen molar-refractivity contribution in [3.05, 3.63) is 219 Å². The van der Waals surface area contributed by atoms with Crippen molar-refractivity contribution in [3.8, 4) is 41.8 Å². The highest BCUT2D eigenvalue weighted by Gasteiger charge is 2.82. The number of hydrogen-bond acceptors (Lipinski definition) is 4. The van der Waals surface area contributed by atoms with Crippen LogP contribution >= 0.6 is 45.3 Å². The van der Waals surface area contributed by atoms with Gasteiger partial charge in [-0.3, -0.25) is 0 Å². The number of rotatable bonds is 8. The minimum absolute atomic E-state index is 0.0104. The molecule has 0 nitrogen and oxygen atoms in total. The van der Waals surface area contributed by atoms with Gasteiger partial charge in [-0.05, 0) is 74.2 Å². The molecule has 2 aliphatic rings. The van der Waals surface area contributed by atoms with Crippen LogP contribution in [0.15, 0.2) is 60.7 Å². The monoisotopic (exact) mass is 1480 g/mol. The first-order valence-corrected chi connectivity index (χ1v) is 28.8. The zero-order valence-corrected chi connectivity index (χ0v) is 49.8. The lowest BCUT2D eigenvalue weighted by molar-refractivity contribution is -0.254. The van der Waals surface area contributed by atoms with Crippen LogP contribution in [0.25, 0.3) is 64.1 Å². The Balaban J connectivity index is 0.000000207. The first-order chi connectivity index (χ1) is 44.2. The van der Waals surface area contributed by atoms with Crippen LogP contribution in [0.4, 0.5) is 140 Å². The maximum absolute atomic E-state index is 15.3. The van der Waals surface area contributed by atoms with Crippen molar-refractivity contribution in [1.29, 1.82) is 0 Å². The Bertz CT molecular complexity index is 4070. The molecule has 4 heterocycles. The van der Waals surface area contributed by atoms with Gasteiger partial charge in [0.15, 0.2) is 93.1 Å². The molecule has 4 aromatic heterocycles. The van der Waals surface area contributed by atoms with Crippen molar-refractivity contribution in [3.63, 3.8) is 0 Å². The van der Waals surface area contributed by atoms with Gasteiger partial charge in [0, 0.05) is 61.3 Å². The normalized spacial score (nSPS) is 16.5. The molecular formula is C60H22F32S4. The van der Waals surface area contributed by atoms with Crippen LogP contribution in [0.2, 0.25) is 0 Å². The lowest BCUT2D eigenvalue weighted by Gasteiger charge is -2.25. The minimum Gasteiger partial charge on any atom is -0.203 e. The molecule has 0 saturated carbocycles. The first kappa shape index (κ1) is 72.4. The molecule has 5 aromatic carbocycles. The summed E-state index contributed by atoms with van der Waals surface area (Å²) in [5.41, 5.74) is -20.5. The molecule has 11 rings (SSSR count). The summed E-state index contributed by atoms with van der Waals surface area (Å²) in [4.78, 5) is -6.71. The Morgan fingerprint density at radius 1 is 0.208 bits per heavy atom. The number of thiophene rings is 4. The van der Waals surface area contributed by atoms with E-state index >= 15 is 35.1 Å². The van der Waals surface area contributed by atoms with Gasteiger partial charge in [-0.2, -0.15) is 52.7 Å². The van der Waals surface area contributed by atoms with Crippen LogP contribution in [0.5, 0.6) is 0 Å². The van der Waals surface area contributed by atoms with Crippen LogP contribution < -0.4 is 0 Å². The third-order valence-electron chi connectivity index (χ3n) is 14.6. The van der Waals surface area contributed by atoms with Crippen LogP contribution in [-0.2, 0) is 0 Å². The van der Waals surface area contributed by atoms with E-state index in [9.17, 15) is 105 Å². The molecule has 36 heteroatoms. The van der Waals surface area contributed by atoms with Gasteiger partial charge in [0.25, 0.3) is 0 Å². The number of alkyl halides is 12. The molecule has 2 aliphatic carbocycles. The molecule has 0 N–H and O–H groups in total. The summed E-state index contributed by atoms with van der Waals surface area (Å²) in [7, 11) is 0. The lowest BCUT2D eigenvalue weighted by atomic mass is 9.94. The third kappa shape index (κ3) is 10.6. The second-order valence-electron chi connectivity index (χ2n) is 20.2. The summed E-state index contributed by atoms with van der Waals surface area (Å²) < 4.78 is 462. The molecule has 0 amide bonds. The summed E-state index contributed by atoms with van der Waals surface area (Å²) in [6.07, 6.45) is 0. The first-order valence-electron chi connectivity index (χ1n) is 25.5. The molecule has 0 spiro atoms. The van der Waals surface area contributed by atoms with Gasteiger partial charge in [-0.25, -0.2) is 87.8 Å². The molecule has 9 aromatic rings. The maximum Gasteiger partial charge on any atom is 0.380 e. The van der Waals surface area contributed by atoms with E-state index in [0.717, 1.165) is 27.7 Å². The minimum atomic E-state index is -6.25. The van der Waals surface area contributed by atoms with Gasteiger partial charge in [0.05, 0.1) is 22.3 Å². The highest BCUT2D eigenvalue weighted by molar-refractivity contribution is 7.16. The topological polar surface area (TPSA) is 0 Å². The molecule has 0 saturated heterocycles. The summed E-state index contributed by atoms with van der Waals surface area (Å²) in [5.74, 6) is -85.5. The smallest absolute Gasteiger partial charge is 0.203 e. The average molecular weight is 1480 g/mol. The number of halogens is 32.